The number of nitrogens with zero attached hydrogens (tertiary/aromatic N) is 1. The molecule has 0 unspecified atom stereocenters. The van der Waals surface area contributed by atoms with E-state index >= 15 is 0 Å². The molecule has 68 valence electrons. The van der Waals surface area contributed by atoms with Gasteiger partial charge in [0.05, 0.1) is 5.69 Å². The van der Waals surface area contributed by atoms with Crippen LogP contribution in [-0.2, 0) is 4.79 Å². The molecule has 4 heteroatoms. The van der Waals surface area contributed by atoms with Crippen LogP contribution in [-0.4, -0.2) is 17.4 Å². The van der Waals surface area contributed by atoms with Crippen molar-refractivity contribution < 1.29 is 4.79 Å². The topological polar surface area (TPSA) is 54.0 Å². The molecule has 0 fully saturated rings. The minimum atomic E-state index is 0.0404. The molecule has 1 aromatic heterocycles. The maximum absolute atomic E-state index is 11.2. The number of pyridine rings is 1. The summed E-state index contributed by atoms with van der Waals surface area (Å²) in [6.45, 7) is 2.60. The lowest BCUT2D eigenvalue weighted by Crippen LogP contribution is -2.10. The summed E-state index contributed by atoms with van der Waals surface area (Å²) < 4.78 is 0. The molecule has 4 nitrogen and oxygen atoms in total. The lowest BCUT2D eigenvalue weighted by Gasteiger charge is -2.06. The monoisotopic (exact) mass is 177 g/mol. The molecule has 0 radical (unpaired) electrons. The third kappa shape index (κ3) is 1.61. The number of nitrogens with one attached hydrogen (secondary N) is 2. The smallest absolute Gasteiger partial charge is 0.226 e. The van der Waals surface area contributed by atoms with E-state index in [4.69, 9.17) is 0 Å². The van der Waals surface area contributed by atoms with E-state index in [9.17, 15) is 4.79 Å². The van der Waals surface area contributed by atoms with Crippen LogP contribution in [0.25, 0.3) is 0 Å². The number of hydrogen-bond acceptors (Lipinski definition) is 3. The Balaban J connectivity index is 2.40. The van der Waals surface area contributed by atoms with Gasteiger partial charge in [0.1, 0.15) is 5.82 Å². The van der Waals surface area contributed by atoms with Gasteiger partial charge in [-0.3, -0.25) is 4.79 Å². The molecule has 0 spiro atoms. The van der Waals surface area contributed by atoms with Gasteiger partial charge in [0.25, 0.3) is 0 Å². The summed E-state index contributed by atoms with van der Waals surface area (Å²) in [5, 5.41) is 5.89. The van der Waals surface area contributed by atoms with Crippen molar-refractivity contribution >= 4 is 17.4 Å². The van der Waals surface area contributed by atoms with Gasteiger partial charge < -0.3 is 10.6 Å². The zero-order valence-electron chi connectivity index (χ0n) is 7.42. The molecule has 2 heterocycles. The molecular formula is C9H11N3O. The molecule has 0 saturated heterocycles. The van der Waals surface area contributed by atoms with Gasteiger partial charge >= 0.3 is 0 Å². The van der Waals surface area contributed by atoms with Crippen LogP contribution in [0.5, 0.6) is 0 Å². The molecule has 1 amide bonds. The van der Waals surface area contributed by atoms with Crippen molar-refractivity contribution in [3.05, 3.63) is 17.8 Å². The summed E-state index contributed by atoms with van der Waals surface area (Å²) in [4.78, 5) is 15.4. The fourth-order valence-corrected chi connectivity index (χ4v) is 1.31. The van der Waals surface area contributed by atoms with Crippen molar-refractivity contribution in [2.75, 3.05) is 17.2 Å². The number of fused-ring (bicyclic) bond motifs is 1. The third-order valence-electron chi connectivity index (χ3n) is 1.94. The Kier molecular flexibility index (Phi) is 1.88. The third-order valence-corrected chi connectivity index (χ3v) is 1.94. The highest BCUT2D eigenvalue weighted by atomic mass is 16.1. The molecule has 1 aliphatic heterocycles. The Bertz CT molecular complexity index is 349. The fraction of sp³-hybridized carbons (Fsp3) is 0.333. The van der Waals surface area contributed by atoms with Gasteiger partial charge in [-0.05, 0) is 18.6 Å². The average molecular weight is 177 g/mol. The molecule has 0 saturated carbocycles. The second kappa shape index (κ2) is 3.05. The second-order valence-corrected chi connectivity index (χ2v) is 3.13. The number of anilines is 2. The van der Waals surface area contributed by atoms with E-state index in [0.717, 1.165) is 17.1 Å². The molecule has 2 N–H and O–H groups in total. The van der Waals surface area contributed by atoms with E-state index in [1.165, 1.54) is 0 Å². The molecule has 2 rings (SSSR count). The van der Waals surface area contributed by atoms with Crippen LogP contribution in [0.4, 0.5) is 11.5 Å². The van der Waals surface area contributed by atoms with Gasteiger partial charge in [0.2, 0.25) is 5.91 Å². The molecule has 0 atom stereocenters. The number of aryl methyl sites for hydroxylation is 1. The predicted molar refractivity (Wildman–Crippen MR) is 50.7 cm³/mol. The van der Waals surface area contributed by atoms with E-state index in [1.807, 2.05) is 13.0 Å². The first-order valence-corrected chi connectivity index (χ1v) is 4.26. The van der Waals surface area contributed by atoms with Crippen molar-refractivity contribution in [2.45, 2.75) is 13.3 Å². The van der Waals surface area contributed by atoms with Crippen LogP contribution in [0, 0.1) is 6.92 Å². The zero-order valence-corrected chi connectivity index (χ0v) is 7.42. The second-order valence-electron chi connectivity index (χ2n) is 3.13. The predicted octanol–water partition coefficient (Wildman–Crippen LogP) is 1.14. The van der Waals surface area contributed by atoms with E-state index in [1.54, 1.807) is 6.20 Å². The molecule has 0 aliphatic carbocycles. The number of aromatic nitrogens is 1. The molecule has 1 aliphatic rings. The highest BCUT2D eigenvalue weighted by molar-refractivity contribution is 5.95. The maximum atomic E-state index is 11.2. The first kappa shape index (κ1) is 8.04. The normalized spacial score (nSPS) is 15.3. The van der Waals surface area contributed by atoms with Crippen molar-refractivity contribution in [1.29, 1.82) is 0 Å². The minimum absolute atomic E-state index is 0.0404. The van der Waals surface area contributed by atoms with E-state index in [2.05, 4.69) is 15.6 Å². The standard InChI is InChI=1S/C9H11N3O/c1-6-4-7-9(11-5-6)10-3-2-8(13)12-7/h4-5H,2-3H2,1H3,(H,10,11)(H,12,13). The maximum Gasteiger partial charge on any atom is 0.226 e. The van der Waals surface area contributed by atoms with Gasteiger partial charge in [-0.1, -0.05) is 0 Å². The summed E-state index contributed by atoms with van der Waals surface area (Å²) in [7, 11) is 0. The van der Waals surface area contributed by atoms with Crippen LogP contribution in [0.15, 0.2) is 12.3 Å². The van der Waals surface area contributed by atoms with Gasteiger partial charge in [-0.25, -0.2) is 4.98 Å². The van der Waals surface area contributed by atoms with E-state index in [0.29, 0.717) is 13.0 Å². The summed E-state index contributed by atoms with van der Waals surface area (Å²) in [5.74, 6) is 0.801. The molecule has 13 heavy (non-hydrogen) atoms. The van der Waals surface area contributed by atoms with Crippen LogP contribution in [0.2, 0.25) is 0 Å². The largest absolute Gasteiger partial charge is 0.368 e. The average Bonchev–Trinajstić information content (AvgIpc) is 2.25. The summed E-state index contributed by atoms with van der Waals surface area (Å²) in [6.07, 6.45) is 2.28. The summed E-state index contributed by atoms with van der Waals surface area (Å²) in [5.41, 5.74) is 1.82. The quantitative estimate of drug-likeness (QED) is 0.625. The SMILES string of the molecule is Cc1cnc2c(c1)NC(=O)CCN2. The highest BCUT2D eigenvalue weighted by Gasteiger charge is 2.12. The van der Waals surface area contributed by atoms with Gasteiger partial charge in [0, 0.05) is 19.2 Å². The molecule has 1 aromatic rings. The summed E-state index contributed by atoms with van der Waals surface area (Å²) in [6, 6.07) is 1.92. The first-order valence-electron chi connectivity index (χ1n) is 4.26. The van der Waals surface area contributed by atoms with Crippen molar-refractivity contribution in [3.8, 4) is 0 Å². The van der Waals surface area contributed by atoms with Crippen LogP contribution >= 0.6 is 0 Å². The fourth-order valence-electron chi connectivity index (χ4n) is 1.31. The number of amides is 1. The highest BCUT2D eigenvalue weighted by Crippen LogP contribution is 2.21. The van der Waals surface area contributed by atoms with E-state index < -0.39 is 0 Å². The lowest BCUT2D eigenvalue weighted by molar-refractivity contribution is -0.115. The van der Waals surface area contributed by atoms with Crippen LogP contribution in [0.3, 0.4) is 0 Å². The molecular weight excluding hydrogens is 166 g/mol. The zero-order chi connectivity index (χ0) is 9.26. The van der Waals surface area contributed by atoms with Gasteiger partial charge in [-0.15, -0.1) is 0 Å². The first-order chi connectivity index (χ1) is 6.25. The Labute approximate surface area is 76.4 Å². The molecule has 0 aromatic carbocycles. The van der Waals surface area contributed by atoms with Crippen molar-refractivity contribution in [2.24, 2.45) is 0 Å². The Morgan fingerprint density at radius 1 is 1.54 bits per heavy atom. The van der Waals surface area contributed by atoms with E-state index in [-0.39, 0.29) is 5.91 Å². The summed E-state index contributed by atoms with van der Waals surface area (Å²) >= 11 is 0. The Morgan fingerprint density at radius 2 is 2.38 bits per heavy atom. The Hall–Kier alpha value is -1.58. The van der Waals surface area contributed by atoms with Crippen LogP contribution < -0.4 is 10.6 Å². The Morgan fingerprint density at radius 3 is 3.23 bits per heavy atom. The minimum Gasteiger partial charge on any atom is -0.368 e. The van der Waals surface area contributed by atoms with Gasteiger partial charge in [-0.2, -0.15) is 0 Å². The van der Waals surface area contributed by atoms with Crippen LogP contribution in [0.1, 0.15) is 12.0 Å². The number of hydrogen-bond donors (Lipinski definition) is 2. The van der Waals surface area contributed by atoms with Crippen molar-refractivity contribution in [1.82, 2.24) is 4.98 Å². The van der Waals surface area contributed by atoms with Crippen molar-refractivity contribution in [3.63, 3.8) is 0 Å². The number of carbonyl (C=O) groups is 1. The number of rotatable bonds is 0. The molecule has 0 bridgehead atoms. The number of carbonyl (C=O) groups excluding carboxylic acids is 1. The lowest BCUT2D eigenvalue weighted by atomic mass is 10.3. The van der Waals surface area contributed by atoms with Gasteiger partial charge in [0.15, 0.2) is 0 Å².